The quantitative estimate of drug-likeness (QED) is 0.800. The Morgan fingerprint density at radius 2 is 2.28 bits per heavy atom. The zero-order valence-corrected chi connectivity index (χ0v) is 11.3. The van der Waals surface area contributed by atoms with E-state index in [-0.39, 0.29) is 0 Å². The van der Waals surface area contributed by atoms with Crippen molar-refractivity contribution < 1.29 is 0 Å². The lowest BCUT2D eigenvalue weighted by atomic mass is 10.1. The van der Waals surface area contributed by atoms with Crippen molar-refractivity contribution in [2.75, 3.05) is 28.7 Å². The Morgan fingerprint density at radius 1 is 1.39 bits per heavy atom. The molecule has 1 aliphatic heterocycles. The predicted molar refractivity (Wildman–Crippen MR) is 80.3 cm³/mol. The summed E-state index contributed by atoms with van der Waals surface area (Å²) in [5.74, 6) is 2.38. The number of fused-ring (bicyclic) bond motifs is 1. The fraction of sp³-hybridized carbons (Fsp3) is 0.357. The predicted octanol–water partition coefficient (Wildman–Crippen LogP) is 2.76. The molecule has 2 aromatic rings. The van der Waals surface area contributed by atoms with Crippen molar-refractivity contribution in [3.63, 3.8) is 0 Å². The highest BCUT2D eigenvalue weighted by Crippen LogP contribution is 2.31. The van der Waals surface area contributed by atoms with E-state index in [4.69, 9.17) is 5.73 Å². The van der Waals surface area contributed by atoms with Crippen LogP contribution in [-0.4, -0.2) is 29.1 Å². The second kappa shape index (κ2) is 4.69. The van der Waals surface area contributed by atoms with Crippen LogP contribution >= 0.6 is 11.8 Å². The summed E-state index contributed by atoms with van der Waals surface area (Å²) < 4.78 is 0. The number of nitrogens with two attached hydrogens (primary N) is 1. The first-order valence-electron chi connectivity index (χ1n) is 6.25. The van der Waals surface area contributed by atoms with Crippen LogP contribution in [0, 0.1) is 0 Å². The highest BCUT2D eigenvalue weighted by molar-refractivity contribution is 7.99. The van der Waals surface area contributed by atoms with Crippen LogP contribution in [0.5, 0.6) is 0 Å². The average molecular weight is 259 g/mol. The van der Waals surface area contributed by atoms with E-state index in [9.17, 15) is 0 Å². The van der Waals surface area contributed by atoms with Crippen LogP contribution in [0.3, 0.4) is 0 Å². The van der Waals surface area contributed by atoms with Gasteiger partial charge in [-0.2, -0.15) is 11.8 Å². The van der Waals surface area contributed by atoms with E-state index in [1.807, 2.05) is 30.1 Å². The summed E-state index contributed by atoms with van der Waals surface area (Å²) in [6.07, 6.45) is 1.86. The number of benzene rings is 1. The van der Waals surface area contributed by atoms with Gasteiger partial charge in [0.05, 0.1) is 11.2 Å². The molecule has 1 aliphatic rings. The van der Waals surface area contributed by atoms with Gasteiger partial charge in [0.15, 0.2) is 0 Å². The molecule has 0 bridgehead atoms. The molecule has 2 heterocycles. The number of anilines is 2. The van der Waals surface area contributed by atoms with Crippen LogP contribution in [0.2, 0.25) is 0 Å². The minimum Gasteiger partial charge on any atom is -0.397 e. The van der Waals surface area contributed by atoms with Gasteiger partial charge in [-0.3, -0.25) is 4.98 Å². The summed E-state index contributed by atoms with van der Waals surface area (Å²) in [4.78, 5) is 6.88. The van der Waals surface area contributed by atoms with Gasteiger partial charge < -0.3 is 10.6 Å². The Hall–Kier alpha value is -1.42. The van der Waals surface area contributed by atoms with Crippen LogP contribution in [0.1, 0.15) is 6.92 Å². The fourth-order valence-corrected chi connectivity index (χ4v) is 3.53. The highest BCUT2D eigenvalue weighted by atomic mass is 32.2. The topological polar surface area (TPSA) is 42.2 Å². The van der Waals surface area contributed by atoms with E-state index in [0.29, 0.717) is 6.04 Å². The zero-order chi connectivity index (χ0) is 12.5. The molecular weight excluding hydrogens is 242 g/mol. The number of hydrogen-bond donors (Lipinski definition) is 1. The van der Waals surface area contributed by atoms with Gasteiger partial charge in [-0.15, -0.1) is 0 Å². The van der Waals surface area contributed by atoms with Gasteiger partial charge in [0.25, 0.3) is 0 Å². The number of hydrogen-bond acceptors (Lipinski definition) is 4. The van der Waals surface area contributed by atoms with Gasteiger partial charge in [0, 0.05) is 41.4 Å². The maximum atomic E-state index is 6.00. The third-order valence-electron chi connectivity index (χ3n) is 3.46. The molecule has 1 aromatic heterocycles. The minimum absolute atomic E-state index is 0.566. The number of para-hydroxylation sites is 1. The lowest BCUT2D eigenvalue weighted by molar-refractivity contribution is 0.702. The van der Waals surface area contributed by atoms with Gasteiger partial charge in [-0.1, -0.05) is 12.1 Å². The molecule has 1 fully saturated rings. The van der Waals surface area contributed by atoms with Crippen molar-refractivity contribution >= 4 is 34.0 Å². The summed E-state index contributed by atoms with van der Waals surface area (Å²) in [7, 11) is 0. The summed E-state index contributed by atoms with van der Waals surface area (Å²) in [6.45, 7) is 3.38. The molecule has 0 radical (unpaired) electrons. The third kappa shape index (κ3) is 1.90. The number of aromatic nitrogens is 1. The fourth-order valence-electron chi connectivity index (χ4n) is 2.52. The monoisotopic (exact) mass is 259 g/mol. The van der Waals surface area contributed by atoms with E-state index < -0.39 is 0 Å². The Balaban J connectivity index is 2.14. The first-order valence-corrected chi connectivity index (χ1v) is 7.40. The lowest BCUT2D eigenvalue weighted by Gasteiger charge is -2.35. The van der Waals surface area contributed by atoms with Crippen molar-refractivity contribution in [1.82, 2.24) is 4.98 Å². The molecule has 1 unspecified atom stereocenters. The molecule has 0 spiro atoms. The smallest absolute Gasteiger partial charge is 0.0951 e. The SMILES string of the molecule is CC1CSCCN1c1ccnc2c(N)cccc12. The standard InChI is InChI=1S/C14H17N3S/c1-10-9-18-8-7-17(10)13-5-6-16-14-11(13)3-2-4-12(14)15/h2-6,10H,7-9,15H2,1H3. The van der Waals surface area contributed by atoms with E-state index in [0.717, 1.165) is 23.1 Å². The summed E-state index contributed by atoms with van der Waals surface area (Å²) in [6, 6.07) is 8.70. The molecule has 18 heavy (non-hydrogen) atoms. The van der Waals surface area contributed by atoms with Crippen LogP contribution in [0.4, 0.5) is 11.4 Å². The summed E-state index contributed by atoms with van der Waals surface area (Å²) >= 11 is 2.03. The van der Waals surface area contributed by atoms with Crippen LogP contribution in [0.25, 0.3) is 10.9 Å². The maximum Gasteiger partial charge on any atom is 0.0951 e. The molecule has 2 N–H and O–H groups in total. The van der Waals surface area contributed by atoms with Crippen LogP contribution in [-0.2, 0) is 0 Å². The lowest BCUT2D eigenvalue weighted by Crippen LogP contribution is -2.40. The maximum absolute atomic E-state index is 6.00. The molecule has 3 nitrogen and oxygen atoms in total. The van der Waals surface area contributed by atoms with E-state index in [1.54, 1.807) is 0 Å². The molecule has 1 aromatic carbocycles. The second-order valence-corrected chi connectivity index (χ2v) is 5.84. The molecule has 0 aliphatic carbocycles. The molecule has 0 amide bonds. The first kappa shape index (κ1) is 11.7. The number of nitrogen functional groups attached to an aromatic ring is 1. The minimum atomic E-state index is 0.566. The Labute approximate surface area is 111 Å². The molecule has 1 atom stereocenters. The normalized spacial score (nSPS) is 20.3. The Bertz CT molecular complexity index is 570. The van der Waals surface area contributed by atoms with E-state index in [2.05, 4.69) is 28.9 Å². The van der Waals surface area contributed by atoms with Crippen molar-refractivity contribution in [1.29, 1.82) is 0 Å². The Morgan fingerprint density at radius 3 is 3.11 bits per heavy atom. The number of pyridine rings is 1. The first-order chi connectivity index (χ1) is 8.77. The Kier molecular flexibility index (Phi) is 3.04. The van der Waals surface area contributed by atoms with Gasteiger partial charge in [-0.05, 0) is 19.1 Å². The average Bonchev–Trinajstić information content (AvgIpc) is 2.40. The van der Waals surface area contributed by atoms with Gasteiger partial charge in [0.2, 0.25) is 0 Å². The number of rotatable bonds is 1. The molecular formula is C14H17N3S. The van der Waals surface area contributed by atoms with Crippen LogP contribution < -0.4 is 10.6 Å². The van der Waals surface area contributed by atoms with Crippen molar-refractivity contribution in [3.05, 3.63) is 30.5 Å². The molecule has 4 heteroatoms. The highest BCUT2D eigenvalue weighted by Gasteiger charge is 2.20. The van der Waals surface area contributed by atoms with Crippen molar-refractivity contribution in [2.45, 2.75) is 13.0 Å². The van der Waals surface area contributed by atoms with Gasteiger partial charge >= 0.3 is 0 Å². The summed E-state index contributed by atoms with van der Waals surface area (Å²) in [5.41, 5.74) is 8.94. The molecule has 0 saturated carbocycles. The van der Waals surface area contributed by atoms with Gasteiger partial charge in [-0.25, -0.2) is 0 Å². The van der Waals surface area contributed by atoms with Crippen molar-refractivity contribution in [2.24, 2.45) is 0 Å². The third-order valence-corrected chi connectivity index (χ3v) is 4.65. The van der Waals surface area contributed by atoms with Crippen molar-refractivity contribution in [3.8, 4) is 0 Å². The molecule has 94 valence electrons. The largest absolute Gasteiger partial charge is 0.397 e. The van der Waals surface area contributed by atoms with E-state index >= 15 is 0 Å². The molecule has 1 saturated heterocycles. The number of nitrogens with zero attached hydrogens (tertiary/aromatic N) is 2. The number of thioether (sulfide) groups is 1. The van der Waals surface area contributed by atoms with E-state index in [1.165, 1.54) is 17.2 Å². The second-order valence-electron chi connectivity index (χ2n) is 4.69. The summed E-state index contributed by atoms with van der Waals surface area (Å²) in [5, 5.41) is 1.16. The molecule has 3 rings (SSSR count). The zero-order valence-electron chi connectivity index (χ0n) is 10.5. The van der Waals surface area contributed by atoms with Gasteiger partial charge in [0.1, 0.15) is 0 Å². The van der Waals surface area contributed by atoms with Crippen LogP contribution in [0.15, 0.2) is 30.5 Å².